The van der Waals surface area contributed by atoms with E-state index in [1.165, 1.54) is 14.2 Å². The Balaban J connectivity index is 2.17. The van der Waals surface area contributed by atoms with Gasteiger partial charge in [0, 0.05) is 10.9 Å². The summed E-state index contributed by atoms with van der Waals surface area (Å²) in [5.74, 6) is 1.08. The summed E-state index contributed by atoms with van der Waals surface area (Å²) >= 11 is 0. The van der Waals surface area contributed by atoms with Crippen LogP contribution in [0.4, 0.5) is 0 Å². The van der Waals surface area contributed by atoms with E-state index >= 15 is 0 Å². The molecule has 0 saturated heterocycles. The molecule has 0 saturated carbocycles. The predicted molar refractivity (Wildman–Crippen MR) is 108 cm³/mol. The lowest BCUT2D eigenvalue weighted by atomic mass is 9.98. The maximum absolute atomic E-state index is 12.8. The summed E-state index contributed by atoms with van der Waals surface area (Å²) in [5.41, 5.74) is 1.55. The van der Waals surface area contributed by atoms with Crippen LogP contribution in [0.2, 0.25) is 0 Å². The van der Waals surface area contributed by atoms with Crippen LogP contribution >= 0.6 is 0 Å². The number of rotatable bonds is 6. The quantitative estimate of drug-likeness (QED) is 0.462. The first-order valence-electron chi connectivity index (χ1n) is 8.94. The normalized spacial score (nSPS) is 11.8. The first-order valence-corrected chi connectivity index (χ1v) is 8.94. The first-order chi connectivity index (χ1) is 13.9. The third-order valence-electron chi connectivity index (χ3n) is 4.66. The van der Waals surface area contributed by atoms with Gasteiger partial charge in [0.1, 0.15) is 22.8 Å². The molecule has 0 aliphatic carbocycles. The van der Waals surface area contributed by atoms with Crippen LogP contribution in [0, 0.1) is 6.92 Å². The highest BCUT2D eigenvalue weighted by molar-refractivity contribution is 5.89. The third-order valence-corrected chi connectivity index (χ3v) is 4.66. The average molecular weight is 398 g/mol. The zero-order chi connectivity index (χ0) is 21.1. The topological polar surface area (TPSA) is 84.2 Å². The van der Waals surface area contributed by atoms with E-state index in [-0.39, 0.29) is 0 Å². The van der Waals surface area contributed by atoms with Crippen LogP contribution in [0.25, 0.3) is 22.1 Å². The van der Waals surface area contributed by atoms with Crippen molar-refractivity contribution < 1.29 is 28.2 Å². The van der Waals surface area contributed by atoms with Crippen molar-refractivity contribution in [2.75, 3.05) is 21.3 Å². The van der Waals surface area contributed by atoms with E-state index in [0.717, 1.165) is 0 Å². The Bertz CT molecular complexity index is 1110. The molecule has 0 spiro atoms. The second kappa shape index (κ2) is 8.26. The van der Waals surface area contributed by atoms with E-state index in [2.05, 4.69) is 4.74 Å². The molecule has 0 N–H and O–H groups in total. The molecule has 0 bridgehead atoms. The van der Waals surface area contributed by atoms with Gasteiger partial charge in [-0.2, -0.15) is 0 Å². The standard InChI is InChI=1S/C22H22O7/c1-12-16-11-15(28-13(2)21(23)27-5)7-9-19(16)29-22(24)20(12)17-10-14(25-3)6-8-18(17)26-4/h6-11,13H,1-5H3/t13-/m1/s1. The van der Waals surface area contributed by atoms with E-state index in [4.69, 9.17) is 18.6 Å². The highest BCUT2D eigenvalue weighted by Gasteiger charge is 2.20. The molecule has 3 rings (SSSR count). The fraction of sp³-hybridized carbons (Fsp3) is 0.273. The average Bonchev–Trinajstić information content (AvgIpc) is 2.73. The summed E-state index contributed by atoms with van der Waals surface area (Å²) in [6.07, 6.45) is -0.772. The fourth-order valence-corrected chi connectivity index (χ4v) is 3.14. The maximum atomic E-state index is 12.8. The zero-order valence-electron chi connectivity index (χ0n) is 16.9. The number of carbonyl (C=O) groups excluding carboxylic acids is 1. The predicted octanol–water partition coefficient (Wildman–Crippen LogP) is 3.73. The Kier molecular flexibility index (Phi) is 5.77. The number of aryl methyl sites for hydroxylation is 1. The summed E-state index contributed by atoms with van der Waals surface area (Å²) in [5, 5.41) is 0.680. The van der Waals surface area contributed by atoms with Crippen LogP contribution in [-0.2, 0) is 9.53 Å². The Morgan fingerprint density at radius 2 is 1.72 bits per heavy atom. The van der Waals surface area contributed by atoms with Crippen molar-refractivity contribution in [1.29, 1.82) is 0 Å². The highest BCUT2D eigenvalue weighted by Crippen LogP contribution is 2.36. The van der Waals surface area contributed by atoms with Crippen molar-refractivity contribution in [2.45, 2.75) is 20.0 Å². The minimum atomic E-state index is -0.772. The van der Waals surface area contributed by atoms with Gasteiger partial charge in [0.15, 0.2) is 6.10 Å². The Morgan fingerprint density at radius 1 is 1.00 bits per heavy atom. The van der Waals surface area contributed by atoms with Crippen molar-refractivity contribution >= 4 is 16.9 Å². The van der Waals surface area contributed by atoms with Gasteiger partial charge in [-0.3, -0.25) is 0 Å². The molecule has 152 valence electrons. The van der Waals surface area contributed by atoms with Gasteiger partial charge < -0.3 is 23.4 Å². The van der Waals surface area contributed by atoms with Gasteiger partial charge in [-0.25, -0.2) is 9.59 Å². The lowest BCUT2D eigenvalue weighted by Gasteiger charge is -2.15. The molecule has 2 aromatic carbocycles. The third kappa shape index (κ3) is 3.89. The van der Waals surface area contributed by atoms with Gasteiger partial charge in [0.25, 0.3) is 0 Å². The number of esters is 1. The number of ether oxygens (including phenoxy) is 4. The smallest absolute Gasteiger partial charge is 0.346 e. The summed E-state index contributed by atoms with van der Waals surface area (Å²) in [7, 11) is 4.38. The molecule has 1 atom stereocenters. The second-order valence-corrected chi connectivity index (χ2v) is 6.40. The summed E-state index contributed by atoms with van der Waals surface area (Å²) < 4.78 is 26.6. The van der Waals surface area contributed by atoms with Gasteiger partial charge >= 0.3 is 11.6 Å². The van der Waals surface area contributed by atoms with E-state index < -0.39 is 17.7 Å². The largest absolute Gasteiger partial charge is 0.497 e. The van der Waals surface area contributed by atoms with Crippen LogP contribution in [0.5, 0.6) is 17.2 Å². The molecule has 0 amide bonds. The number of hydrogen-bond donors (Lipinski definition) is 0. The van der Waals surface area contributed by atoms with E-state index in [0.29, 0.717) is 44.9 Å². The SMILES string of the molecule is COC(=O)[C@@H](C)Oc1ccc2oc(=O)c(-c3cc(OC)ccc3OC)c(C)c2c1. The van der Waals surface area contributed by atoms with Crippen LogP contribution in [-0.4, -0.2) is 33.4 Å². The number of benzene rings is 2. The van der Waals surface area contributed by atoms with Crippen LogP contribution in [0.3, 0.4) is 0 Å². The van der Waals surface area contributed by atoms with Gasteiger partial charge in [-0.05, 0) is 55.8 Å². The van der Waals surface area contributed by atoms with Crippen LogP contribution in [0.15, 0.2) is 45.6 Å². The minimum absolute atomic E-state index is 0.367. The molecule has 0 aliphatic rings. The molecular formula is C22H22O7. The van der Waals surface area contributed by atoms with E-state index in [9.17, 15) is 9.59 Å². The number of fused-ring (bicyclic) bond motifs is 1. The molecule has 0 unspecified atom stereocenters. The molecule has 0 radical (unpaired) electrons. The Hall–Kier alpha value is -3.48. The second-order valence-electron chi connectivity index (χ2n) is 6.40. The lowest BCUT2D eigenvalue weighted by Crippen LogP contribution is -2.24. The molecule has 29 heavy (non-hydrogen) atoms. The number of hydrogen-bond acceptors (Lipinski definition) is 7. The van der Waals surface area contributed by atoms with Crippen molar-refractivity contribution in [3.63, 3.8) is 0 Å². The summed E-state index contributed by atoms with van der Waals surface area (Å²) in [6.45, 7) is 3.42. The lowest BCUT2D eigenvalue weighted by molar-refractivity contribution is -0.147. The van der Waals surface area contributed by atoms with Gasteiger partial charge in [0.2, 0.25) is 0 Å². The maximum Gasteiger partial charge on any atom is 0.346 e. The molecule has 7 heteroatoms. The first kappa shape index (κ1) is 20.3. The van der Waals surface area contributed by atoms with E-state index in [1.807, 2.05) is 6.92 Å². The monoisotopic (exact) mass is 398 g/mol. The fourth-order valence-electron chi connectivity index (χ4n) is 3.14. The molecule has 0 aliphatic heterocycles. The van der Waals surface area contributed by atoms with Crippen molar-refractivity contribution in [3.05, 3.63) is 52.4 Å². The van der Waals surface area contributed by atoms with Crippen molar-refractivity contribution in [2.24, 2.45) is 0 Å². The van der Waals surface area contributed by atoms with Gasteiger partial charge in [-0.1, -0.05) is 0 Å². The summed E-state index contributed by atoms with van der Waals surface area (Å²) in [6, 6.07) is 10.2. The zero-order valence-corrected chi connectivity index (χ0v) is 16.9. The molecule has 3 aromatic rings. The molecule has 1 heterocycles. The highest BCUT2D eigenvalue weighted by atomic mass is 16.6. The van der Waals surface area contributed by atoms with E-state index in [1.54, 1.807) is 50.4 Å². The molecule has 1 aromatic heterocycles. The number of methoxy groups -OCH3 is 3. The Labute approximate surface area is 167 Å². The minimum Gasteiger partial charge on any atom is -0.497 e. The summed E-state index contributed by atoms with van der Waals surface area (Å²) in [4.78, 5) is 24.4. The number of carbonyl (C=O) groups is 1. The molecule has 0 fully saturated rings. The van der Waals surface area contributed by atoms with Crippen molar-refractivity contribution in [3.8, 4) is 28.4 Å². The van der Waals surface area contributed by atoms with Crippen LogP contribution < -0.4 is 19.8 Å². The van der Waals surface area contributed by atoms with Gasteiger partial charge in [0.05, 0.1) is 26.9 Å². The molecule has 7 nitrogen and oxygen atoms in total. The van der Waals surface area contributed by atoms with Gasteiger partial charge in [-0.15, -0.1) is 0 Å². The Morgan fingerprint density at radius 3 is 2.38 bits per heavy atom. The van der Waals surface area contributed by atoms with Crippen LogP contribution in [0.1, 0.15) is 12.5 Å². The molecular weight excluding hydrogens is 376 g/mol. The van der Waals surface area contributed by atoms with Crippen molar-refractivity contribution in [1.82, 2.24) is 0 Å².